The number of hydrogen-bond donors (Lipinski definition) is 1. The van der Waals surface area contributed by atoms with Crippen molar-refractivity contribution in [2.24, 2.45) is 5.73 Å². The molecule has 1 saturated heterocycles. The molecule has 21 heavy (non-hydrogen) atoms. The lowest BCUT2D eigenvalue weighted by Crippen LogP contribution is -2.35. The minimum absolute atomic E-state index is 0.135. The minimum atomic E-state index is -0.508. The van der Waals surface area contributed by atoms with Crippen molar-refractivity contribution in [2.45, 2.75) is 5.92 Å². The van der Waals surface area contributed by atoms with Crippen molar-refractivity contribution in [3.63, 3.8) is 0 Å². The van der Waals surface area contributed by atoms with Gasteiger partial charge in [0.1, 0.15) is 5.82 Å². The van der Waals surface area contributed by atoms with Crippen molar-refractivity contribution in [3.8, 4) is 12.1 Å². The van der Waals surface area contributed by atoms with Gasteiger partial charge < -0.3 is 5.73 Å². The van der Waals surface area contributed by atoms with Gasteiger partial charge in [0, 0.05) is 0 Å². The highest BCUT2D eigenvalue weighted by molar-refractivity contribution is 8.04. The van der Waals surface area contributed by atoms with Gasteiger partial charge in [0.15, 0.2) is 0 Å². The van der Waals surface area contributed by atoms with Gasteiger partial charge in [0.2, 0.25) is 5.91 Å². The first-order valence-electron chi connectivity index (χ1n) is 6.23. The molecule has 2 aliphatic rings. The van der Waals surface area contributed by atoms with Gasteiger partial charge in [-0.3, -0.25) is 9.69 Å². The van der Waals surface area contributed by atoms with Gasteiger partial charge in [0.25, 0.3) is 0 Å². The number of carbonyl (C=O) groups excluding carboxylic acids is 1. The summed E-state index contributed by atoms with van der Waals surface area (Å²) in [6.07, 6.45) is 0. The van der Waals surface area contributed by atoms with E-state index < -0.39 is 5.92 Å². The number of rotatable bonds is 1. The summed E-state index contributed by atoms with van der Waals surface area (Å²) in [5.74, 6) is -0.331. The number of thioether (sulfide) groups is 1. The third kappa shape index (κ3) is 1.89. The molecule has 1 fully saturated rings. The molecular weight excluding hydrogens is 284 g/mol. The highest BCUT2D eigenvalue weighted by atomic mass is 32.2. The van der Waals surface area contributed by atoms with Crippen molar-refractivity contribution in [1.29, 1.82) is 10.5 Å². The van der Waals surface area contributed by atoms with E-state index in [2.05, 4.69) is 12.1 Å². The molecule has 2 N–H and O–H groups in total. The first-order valence-corrected chi connectivity index (χ1v) is 7.22. The Morgan fingerprint density at radius 2 is 1.86 bits per heavy atom. The highest BCUT2D eigenvalue weighted by Crippen LogP contribution is 2.46. The number of nitrogens with zero attached hydrogens (tertiary/aromatic N) is 3. The van der Waals surface area contributed by atoms with E-state index in [1.807, 2.05) is 30.3 Å². The van der Waals surface area contributed by atoms with Crippen molar-refractivity contribution >= 4 is 17.7 Å². The van der Waals surface area contributed by atoms with Crippen LogP contribution in [-0.4, -0.2) is 16.6 Å². The maximum absolute atomic E-state index is 11.9. The van der Waals surface area contributed by atoms with Crippen LogP contribution in [0.2, 0.25) is 0 Å². The van der Waals surface area contributed by atoms with E-state index in [9.17, 15) is 15.3 Å². The molecule has 0 aromatic heterocycles. The number of amides is 1. The number of fused-ring (bicyclic) bond motifs is 1. The average Bonchev–Trinajstić information content (AvgIpc) is 2.90. The van der Waals surface area contributed by atoms with Crippen LogP contribution in [0.5, 0.6) is 0 Å². The molecule has 0 radical (unpaired) electrons. The van der Waals surface area contributed by atoms with Gasteiger partial charge >= 0.3 is 0 Å². The topological polar surface area (TPSA) is 93.9 Å². The van der Waals surface area contributed by atoms with E-state index in [-0.39, 0.29) is 23.1 Å². The van der Waals surface area contributed by atoms with E-state index in [1.54, 1.807) is 0 Å². The van der Waals surface area contributed by atoms with Gasteiger partial charge in [-0.25, -0.2) is 0 Å². The standard InChI is InChI=1S/C15H10N4OS/c16-6-10-13(9-4-2-1-3-5-9)11(7-17)15-19(14(10)18)12(20)8-21-15/h1-5,13H,8,18H2. The van der Waals surface area contributed by atoms with Crippen LogP contribution in [-0.2, 0) is 4.79 Å². The SMILES string of the molecule is N#CC1=C(N)N2C(=O)CSC2=C(C#N)C1c1ccccc1. The molecule has 1 unspecified atom stereocenters. The minimum Gasteiger partial charge on any atom is -0.384 e. The van der Waals surface area contributed by atoms with E-state index in [1.165, 1.54) is 16.7 Å². The van der Waals surface area contributed by atoms with Crippen LogP contribution < -0.4 is 5.73 Å². The largest absolute Gasteiger partial charge is 0.384 e. The second-order valence-corrected chi connectivity index (χ2v) is 5.57. The summed E-state index contributed by atoms with van der Waals surface area (Å²) in [7, 11) is 0. The van der Waals surface area contributed by atoms with Gasteiger partial charge in [-0.15, -0.1) is 0 Å². The smallest absolute Gasteiger partial charge is 0.243 e. The summed E-state index contributed by atoms with van der Waals surface area (Å²) in [6, 6.07) is 13.5. The summed E-state index contributed by atoms with van der Waals surface area (Å²) in [6.45, 7) is 0. The Kier molecular flexibility index (Phi) is 3.17. The van der Waals surface area contributed by atoms with Crippen LogP contribution in [0.3, 0.4) is 0 Å². The molecule has 3 rings (SSSR count). The molecule has 0 bridgehead atoms. The first kappa shape index (κ1) is 13.3. The van der Waals surface area contributed by atoms with E-state index in [0.717, 1.165) is 5.56 Å². The lowest BCUT2D eigenvalue weighted by Gasteiger charge is -2.29. The van der Waals surface area contributed by atoms with Gasteiger partial charge in [-0.05, 0) is 5.56 Å². The third-order valence-electron chi connectivity index (χ3n) is 3.48. The molecule has 1 atom stereocenters. The van der Waals surface area contributed by atoms with Crippen molar-refractivity contribution in [2.75, 3.05) is 5.75 Å². The molecule has 0 spiro atoms. The van der Waals surface area contributed by atoms with Gasteiger partial charge in [-0.2, -0.15) is 10.5 Å². The monoisotopic (exact) mass is 294 g/mol. The number of carbonyl (C=O) groups is 1. The zero-order valence-electron chi connectivity index (χ0n) is 10.9. The van der Waals surface area contributed by atoms with Crippen LogP contribution in [0.1, 0.15) is 11.5 Å². The Hall–Kier alpha value is -2.70. The fourth-order valence-corrected chi connectivity index (χ4v) is 3.60. The number of benzene rings is 1. The number of nitrogens with two attached hydrogens (primary N) is 1. The Bertz CT molecular complexity index is 767. The predicted octanol–water partition coefficient (Wildman–Crippen LogP) is 1.79. The number of hydrogen-bond acceptors (Lipinski definition) is 5. The van der Waals surface area contributed by atoms with Crippen LogP contribution in [0.4, 0.5) is 0 Å². The summed E-state index contributed by atoms with van der Waals surface area (Å²) in [5.41, 5.74) is 7.49. The Labute approximate surface area is 125 Å². The van der Waals surface area contributed by atoms with E-state index >= 15 is 0 Å². The molecule has 2 heterocycles. The fraction of sp³-hybridized carbons (Fsp3) is 0.133. The van der Waals surface area contributed by atoms with Crippen LogP contribution >= 0.6 is 11.8 Å². The Balaban J connectivity index is 2.26. The van der Waals surface area contributed by atoms with Crippen LogP contribution in [0.15, 0.2) is 52.3 Å². The molecule has 1 aromatic rings. The van der Waals surface area contributed by atoms with E-state index in [4.69, 9.17) is 5.73 Å². The summed E-state index contributed by atoms with van der Waals surface area (Å²) >= 11 is 1.29. The lowest BCUT2D eigenvalue weighted by atomic mass is 9.84. The van der Waals surface area contributed by atoms with Crippen molar-refractivity contribution < 1.29 is 4.79 Å². The molecule has 0 aliphatic carbocycles. The van der Waals surface area contributed by atoms with Crippen molar-refractivity contribution in [3.05, 3.63) is 57.9 Å². The fourth-order valence-electron chi connectivity index (χ4n) is 2.56. The molecule has 0 saturated carbocycles. The Morgan fingerprint density at radius 3 is 2.48 bits per heavy atom. The maximum atomic E-state index is 11.9. The lowest BCUT2D eigenvalue weighted by molar-refractivity contribution is -0.124. The average molecular weight is 294 g/mol. The molecule has 2 aliphatic heterocycles. The summed E-state index contributed by atoms with van der Waals surface area (Å²) < 4.78 is 0. The molecule has 1 aromatic carbocycles. The predicted molar refractivity (Wildman–Crippen MR) is 78.0 cm³/mol. The maximum Gasteiger partial charge on any atom is 0.243 e. The van der Waals surface area contributed by atoms with Crippen LogP contribution in [0, 0.1) is 22.7 Å². The summed E-state index contributed by atoms with van der Waals surface area (Å²) in [5, 5.41) is 19.5. The van der Waals surface area contributed by atoms with Crippen molar-refractivity contribution in [1.82, 2.24) is 4.90 Å². The second kappa shape index (κ2) is 5.01. The van der Waals surface area contributed by atoms with Gasteiger partial charge in [-0.1, -0.05) is 42.1 Å². The second-order valence-electron chi connectivity index (χ2n) is 4.60. The number of nitriles is 2. The van der Waals surface area contributed by atoms with E-state index in [0.29, 0.717) is 10.6 Å². The third-order valence-corrected chi connectivity index (χ3v) is 4.55. The highest BCUT2D eigenvalue weighted by Gasteiger charge is 2.41. The molecule has 1 amide bonds. The Morgan fingerprint density at radius 1 is 1.19 bits per heavy atom. The zero-order valence-corrected chi connectivity index (χ0v) is 11.7. The summed E-state index contributed by atoms with van der Waals surface area (Å²) in [4.78, 5) is 13.2. The zero-order chi connectivity index (χ0) is 15.0. The van der Waals surface area contributed by atoms with Gasteiger partial charge in [0.05, 0.1) is 40.0 Å². The normalized spacial score (nSPS) is 21.1. The molecule has 5 nitrogen and oxygen atoms in total. The molecule has 102 valence electrons. The molecular formula is C15H10N4OS. The first-order chi connectivity index (χ1) is 10.2. The molecule has 6 heteroatoms. The quantitative estimate of drug-likeness (QED) is 0.852. The van der Waals surface area contributed by atoms with Crippen LogP contribution in [0.25, 0.3) is 0 Å². The number of allylic oxidation sites excluding steroid dienone is 2.